The molecule has 0 aliphatic heterocycles. The van der Waals surface area contributed by atoms with Crippen molar-refractivity contribution in [3.05, 3.63) is 105 Å². The highest BCUT2D eigenvalue weighted by atomic mass is 16.5. The van der Waals surface area contributed by atoms with Crippen molar-refractivity contribution in [2.75, 3.05) is 7.11 Å². The number of aromatic nitrogens is 1. The monoisotopic (exact) mass is 513 g/mol. The number of rotatable bonds is 9. The van der Waals surface area contributed by atoms with Gasteiger partial charge in [0.25, 0.3) is 5.91 Å². The molecule has 1 N–H and O–H groups in total. The highest BCUT2D eigenvalue weighted by Gasteiger charge is 2.28. The van der Waals surface area contributed by atoms with Crippen LogP contribution in [-0.4, -0.2) is 30.0 Å². The van der Waals surface area contributed by atoms with Gasteiger partial charge in [0.15, 0.2) is 0 Å². The molecule has 0 spiro atoms. The first-order chi connectivity index (χ1) is 18.4. The highest BCUT2D eigenvalue weighted by molar-refractivity contribution is 5.94. The van der Waals surface area contributed by atoms with E-state index in [1.165, 1.54) is 7.11 Å². The van der Waals surface area contributed by atoms with Gasteiger partial charge in [-0.2, -0.15) is 4.91 Å². The lowest BCUT2D eigenvalue weighted by Gasteiger charge is -2.27. The van der Waals surface area contributed by atoms with Crippen LogP contribution in [-0.2, 0) is 9.53 Å². The number of benzene rings is 2. The molecular formula is C31H35N3O4. The summed E-state index contributed by atoms with van der Waals surface area (Å²) in [6, 6.07) is 19.1. The fraction of sp³-hybridized carbons (Fsp3) is 0.387. The number of esters is 1. The summed E-state index contributed by atoms with van der Waals surface area (Å²) < 4.78 is 4.85. The third-order valence-corrected chi connectivity index (χ3v) is 7.63. The van der Waals surface area contributed by atoms with E-state index < -0.39 is 6.04 Å². The molecule has 1 aromatic heterocycles. The number of nitrogens with zero attached hydrogens (tertiary/aromatic N) is 2. The van der Waals surface area contributed by atoms with Gasteiger partial charge in [0.1, 0.15) is 6.04 Å². The molecule has 1 unspecified atom stereocenters. The molecule has 1 aliphatic carbocycles. The third-order valence-electron chi connectivity index (χ3n) is 7.63. The maximum Gasteiger partial charge on any atom is 0.308 e. The van der Waals surface area contributed by atoms with Crippen LogP contribution in [0.4, 0.5) is 0 Å². The lowest BCUT2D eigenvalue weighted by Crippen LogP contribution is -2.38. The van der Waals surface area contributed by atoms with Crippen LogP contribution in [0.15, 0.2) is 72.0 Å². The van der Waals surface area contributed by atoms with E-state index in [9.17, 15) is 14.5 Å². The molecule has 0 saturated heterocycles. The minimum atomic E-state index is -0.524. The molecule has 198 valence electrons. The maximum atomic E-state index is 13.0. The van der Waals surface area contributed by atoms with E-state index in [0.717, 1.165) is 53.6 Å². The second-order valence-corrected chi connectivity index (χ2v) is 10.2. The van der Waals surface area contributed by atoms with Gasteiger partial charge in [-0.3, -0.25) is 14.6 Å². The van der Waals surface area contributed by atoms with Crippen molar-refractivity contribution in [1.82, 2.24) is 10.3 Å². The average Bonchev–Trinajstić information content (AvgIpc) is 2.94. The Balaban J connectivity index is 1.51. The number of nitroso groups, excluding NO2 is 1. The number of carbonyl (C=O) groups is 2. The summed E-state index contributed by atoms with van der Waals surface area (Å²) in [7, 11) is 1.42. The van der Waals surface area contributed by atoms with Crippen LogP contribution in [0.25, 0.3) is 0 Å². The quantitative estimate of drug-likeness (QED) is 0.272. The van der Waals surface area contributed by atoms with Gasteiger partial charge in [0.2, 0.25) is 0 Å². The molecule has 7 heteroatoms. The van der Waals surface area contributed by atoms with Crippen molar-refractivity contribution >= 4 is 11.9 Å². The average molecular weight is 514 g/mol. The maximum absolute atomic E-state index is 13.0. The van der Waals surface area contributed by atoms with Crippen molar-refractivity contribution in [2.45, 2.75) is 64.0 Å². The Bertz CT molecular complexity index is 1270. The standard InChI is InChI=1S/C31H35N3O4/c1-20-6-4-5-7-27(20)28(19-29(34-37)25-16-17-32-21(2)18-25)22-8-10-23(11-9-22)30(35)33-26-14-12-24(13-15-26)31(36)38-3/h4-11,16-18,24,26,28-29H,12-15,19H2,1-3H3,(H,33,35)/t24?,26?,28-,29?/m1/s1. The van der Waals surface area contributed by atoms with E-state index in [1.54, 1.807) is 6.20 Å². The minimum absolute atomic E-state index is 0.0473. The number of aryl methyl sites for hydroxylation is 2. The lowest BCUT2D eigenvalue weighted by atomic mass is 9.82. The first kappa shape index (κ1) is 27.2. The molecule has 3 aromatic rings. The predicted molar refractivity (Wildman–Crippen MR) is 147 cm³/mol. The van der Waals surface area contributed by atoms with E-state index >= 15 is 0 Å². The van der Waals surface area contributed by atoms with Gasteiger partial charge in [0.05, 0.1) is 13.0 Å². The largest absolute Gasteiger partial charge is 0.469 e. The Morgan fingerprint density at radius 1 is 1.00 bits per heavy atom. The molecule has 1 amide bonds. The zero-order valence-electron chi connectivity index (χ0n) is 22.2. The first-order valence-electron chi connectivity index (χ1n) is 13.2. The van der Waals surface area contributed by atoms with Crippen molar-refractivity contribution in [1.29, 1.82) is 0 Å². The predicted octanol–water partition coefficient (Wildman–Crippen LogP) is 6.19. The van der Waals surface area contributed by atoms with E-state index in [-0.39, 0.29) is 29.8 Å². The van der Waals surface area contributed by atoms with Gasteiger partial charge in [0, 0.05) is 29.4 Å². The van der Waals surface area contributed by atoms with E-state index in [2.05, 4.69) is 34.5 Å². The van der Waals surface area contributed by atoms with Crippen molar-refractivity contribution in [2.24, 2.45) is 11.1 Å². The minimum Gasteiger partial charge on any atom is -0.469 e. The molecule has 7 nitrogen and oxygen atoms in total. The zero-order valence-corrected chi connectivity index (χ0v) is 22.2. The summed E-state index contributed by atoms with van der Waals surface area (Å²) in [4.78, 5) is 40.9. The SMILES string of the molecule is COC(=O)C1CCC(NC(=O)c2ccc([C@@H](CC(N=O)c3ccnc(C)c3)c3ccccc3C)cc2)CC1. The van der Waals surface area contributed by atoms with Crippen LogP contribution in [0.3, 0.4) is 0 Å². The fourth-order valence-corrected chi connectivity index (χ4v) is 5.43. The van der Waals surface area contributed by atoms with Crippen LogP contribution in [0.1, 0.15) is 82.4 Å². The van der Waals surface area contributed by atoms with Gasteiger partial charge in [-0.15, -0.1) is 0 Å². The highest BCUT2D eigenvalue weighted by Crippen LogP contribution is 2.37. The molecule has 1 saturated carbocycles. The number of hydrogen-bond acceptors (Lipinski definition) is 6. The van der Waals surface area contributed by atoms with Crippen molar-refractivity contribution in [3.8, 4) is 0 Å². The molecule has 1 fully saturated rings. The Labute approximate surface area is 224 Å². The third kappa shape index (κ3) is 6.52. The van der Waals surface area contributed by atoms with Gasteiger partial charge in [-0.1, -0.05) is 41.6 Å². The Kier molecular flexibility index (Phi) is 9.00. The number of hydrogen-bond donors (Lipinski definition) is 1. The van der Waals surface area contributed by atoms with E-state index in [0.29, 0.717) is 12.0 Å². The summed E-state index contributed by atoms with van der Waals surface area (Å²) in [6.07, 6.45) is 5.17. The summed E-state index contributed by atoms with van der Waals surface area (Å²) >= 11 is 0. The topological polar surface area (TPSA) is 97.7 Å². The molecule has 2 atom stereocenters. The van der Waals surface area contributed by atoms with Crippen LogP contribution >= 0.6 is 0 Å². The van der Waals surface area contributed by atoms with E-state index in [1.807, 2.05) is 55.5 Å². The fourth-order valence-electron chi connectivity index (χ4n) is 5.43. The van der Waals surface area contributed by atoms with Crippen molar-refractivity contribution < 1.29 is 14.3 Å². The Morgan fingerprint density at radius 2 is 1.71 bits per heavy atom. The lowest BCUT2D eigenvalue weighted by molar-refractivity contribution is -0.146. The second kappa shape index (κ2) is 12.6. The van der Waals surface area contributed by atoms with Crippen molar-refractivity contribution in [3.63, 3.8) is 0 Å². The molecule has 1 aliphatic rings. The Morgan fingerprint density at radius 3 is 2.34 bits per heavy atom. The number of carbonyl (C=O) groups excluding carboxylic acids is 2. The molecular weight excluding hydrogens is 478 g/mol. The van der Waals surface area contributed by atoms with Crippen LogP contribution in [0, 0.1) is 24.7 Å². The number of methoxy groups -OCH3 is 1. The summed E-state index contributed by atoms with van der Waals surface area (Å²) in [6.45, 7) is 3.97. The number of amides is 1. The molecule has 0 radical (unpaired) electrons. The van der Waals surface area contributed by atoms with Gasteiger partial charge >= 0.3 is 5.97 Å². The smallest absolute Gasteiger partial charge is 0.308 e. The zero-order chi connectivity index (χ0) is 27.1. The number of nitrogens with one attached hydrogen (secondary N) is 1. The first-order valence-corrected chi connectivity index (χ1v) is 13.2. The molecule has 1 heterocycles. The summed E-state index contributed by atoms with van der Waals surface area (Å²) in [5.74, 6) is -0.436. The van der Waals surface area contributed by atoms with Crippen LogP contribution in [0.5, 0.6) is 0 Å². The molecule has 2 aromatic carbocycles. The molecule has 0 bridgehead atoms. The Hall–Kier alpha value is -3.87. The number of ether oxygens (including phenoxy) is 1. The summed E-state index contributed by atoms with van der Waals surface area (Å²) in [5, 5.41) is 6.60. The van der Waals surface area contributed by atoms with Gasteiger partial charge in [-0.05, 0) is 92.5 Å². The number of pyridine rings is 1. The summed E-state index contributed by atoms with van der Waals surface area (Å²) in [5.41, 5.74) is 5.57. The van der Waals surface area contributed by atoms with Crippen LogP contribution in [0.2, 0.25) is 0 Å². The molecule has 4 rings (SSSR count). The normalized spacial score (nSPS) is 18.7. The van der Waals surface area contributed by atoms with Gasteiger partial charge < -0.3 is 10.1 Å². The van der Waals surface area contributed by atoms with E-state index in [4.69, 9.17) is 4.74 Å². The van der Waals surface area contributed by atoms with Gasteiger partial charge in [-0.25, -0.2) is 0 Å². The molecule has 38 heavy (non-hydrogen) atoms. The second-order valence-electron chi connectivity index (χ2n) is 10.2. The van der Waals surface area contributed by atoms with Crippen LogP contribution < -0.4 is 5.32 Å².